The molecule has 2 N–H and O–H groups in total. The molecule has 35 heavy (non-hydrogen) atoms. The van der Waals surface area contributed by atoms with Crippen LogP contribution in [0.4, 0.5) is 26.7 Å². The fourth-order valence-corrected chi connectivity index (χ4v) is 4.48. The van der Waals surface area contributed by atoms with Gasteiger partial charge in [0.2, 0.25) is 6.04 Å². The number of hydrogen-bond donors (Lipinski definition) is 2. The molecule has 1 aliphatic heterocycles. The maximum atomic E-state index is 13.7. The van der Waals surface area contributed by atoms with E-state index in [0.717, 1.165) is 22.3 Å². The van der Waals surface area contributed by atoms with Gasteiger partial charge in [0, 0.05) is 12.3 Å². The summed E-state index contributed by atoms with van der Waals surface area (Å²) < 4.78 is 73.1. The lowest BCUT2D eigenvalue weighted by Gasteiger charge is -2.28. The van der Waals surface area contributed by atoms with Gasteiger partial charge in [0.15, 0.2) is 0 Å². The molecule has 0 spiro atoms. The summed E-state index contributed by atoms with van der Waals surface area (Å²) in [7, 11) is 0. The number of halogens is 5. The molecule has 2 aromatic rings. The second-order valence-corrected chi connectivity index (χ2v) is 8.32. The van der Waals surface area contributed by atoms with Gasteiger partial charge >= 0.3 is 18.2 Å². The summed E-state index contributed by atoms with van der Waals surface area (Å²) in [5, 5.41) is 10.5. The molecule has 7 nitrogen and oxygen atoms in total. The van der Waals surface area contributed by atoms with Crippen LogP contribution in [0.3, 0.4) is 0 Å². The van der Waals surface area contributed by atoms with Crippen LogP contribution < -0.4 is 5.32 Å². The van der Waals surface area contributed by atoms with Gasteiger partial charge in [-0.3, -0.25) is 4.79 Å². The summed E-state index contributed by atoms with van der Waals surface area (Å²) in [6.07, 6.45) is -8.31. The first-order valence-corrected chi connectivity index (χ1v) is 10.5. The van der Waals surface area contributed by atoms with Crippen LogP contribution in [0.5, 0.6) is 0 Å². The number of rotatable bonds is 5. The standard InChI is InChI=1S/C23H19F5N2O5/c24-22(25)9-17(20(32)33)30(11-22)19(31)18(23(26,27)28)29-21(34)35-10-16-14-7-3-1-5-12(14)13-6-2-4-8-15(13)16/h1-8,16-18H,9-11H2,(H,29,34)(H,32,33). The molecule has 0 aromatic heterocycles. The highest BCUT2D eigenvalue weighted by atomic mass is 19.4. The molecule has 2 atom stereocenters. The smallest absolute Gasteiger partial charge is 0.417 e. The number of ether oxygens (including phenoxy) is 1. The number of likely N-dealkylation sites (tertiary alicyclic amines) is 1. The lowest BCUT2D eigenvalue weighted by molar-refractivity contribution is -0.177. The van der Waals surface area contributed by atoms with Crippen LogP contribution in [0.1, 0.15) is 23.5 Å². The Morgan fingerprint density at radius 2 is 1.60 bits per heavy atom. The van der Waals surface area contributed by atoms with Gasteiger partial charge in [-0.25, -0.2) is 18.4 Å². The lowest BCUT2D eigenvalue weighted by Crippen LogP contribution is -2.58. The van der Waals surface area contributed by atoms with Crippen LogP contribution in [0, 0.1) is 0 Å². The Balaban J connectivity index is 1.49. The summed E-state index contributed by atoms with van der Waals surface area (Å²) >= 11 is 0. The molecule has 186 valence electrons. The number of carbonyl (C=O) groups excluding carboxylic acids is 2. The molecule has 0 saturated carbocycles. The molecular formula is C23H19F5N2O5. The van der Waals surface area contributed by atoms with E-state index in [1.807, 2.05) is 24.3 Å². The highest BCUT2D eigenvalue weighted by Crippen LogP contribution is 2.44. The Kier molecular flexibility index (Phi) is 6.16. The van der Waals surface area contributed by atoms with Crippen LogP contribution in [-0.4, -0.2) is 65.3 Å². The summed E-state index contributed by atoms with van der Waals surface area (Å²) in [4.78, 5) is 35.9. The first kappa shape index (κ1) is 24.4. The number of nitrogens with one attached hydrogen (secondary N) is 1. The Labute approximate surface area is 195 Å². The topological polar surface area (TPSA) is 95.9 Å². The lowest BCUT2D eigenvalue weighted by atomic mass is 9.98. The number of carboxylic acid groups (broad SMARTS) is 1. The maximum Gasteiger partial charge on any atom is 0.417 e. The molecule has 1 aliphatic carbocycles. The van der Waals surface area contributed by atoms with Gasteiger partial charge in [-0.15, -0.1) is 0 Å². The molecule has 2 aromatic carbocycles. The van der Waals surface area contributed by atoms with Gasteiger partial charge < -0.3 is 20.1 Å². The number of carboxylic acids is 1. The van der Waals surface area contributed by atoms with E-state index < -0.39 is 61.0 Å². The minimum Gasteiger partial charge on any atom is -0.480 e. The van der Waals surface area contributed by atoms with Crippen molar-refractivity contribution in [2.45, 2.75) is 36.5 Å². The number of nitrogens with zero attached hydrogens (tertiary/aromatic N) is 1. The number of hydrogen-bond acceptors (Lipinski definition) is 4. The second-order valence-electron chi connectivity index (χ2n) is 8.32. The predicted molar refractivity (Wildman–Crippen MR) is 111 cm³/mol. The number of aliphatic carboxylic acids is 1. The molecule has 0 radical (unpaired) electrons. The van der Waals surface area contributed by atoms with E-state index in [1.165, 1.54) is 5.32 Å². The molecule has 2 unspecified atom stereocenters. The minimum atomic E-state index is -5.39. The zero-order chi connectivity index (χ0) is 25.5. The zero-order valence-corrected chi connectivity index (χ0v) is 17.9. The van der Waals surface area contributed by atoms with Gasteiger partial charge in [0.05, 0.1) is 6.54 Å². The Morgan fingerprint density at radius 1 is 1.06 bits per heavy atom. The first-order chi connectivity index (χ1) is 16.4. The minimum absolute atomic E-state index is 0.0791. The van der Waals surface area contributed by atoms with Crippen LogP contribution in [0.25, 0.3) is 11.1 Å². The van der Waals surface area contributed by atoms with Crippen LogP contribution in [0.2, 0.25) is 0 Å². The SMILES string of the molecule is O=C(NC(C(=O)N1CC(F)(F)CC1C(=O)O)C(F)(F)F)OCC1c2ccccc2-c2ccccc21. The number of alkyl carbamates (subject to hydrolysis) is 1. The first-order valence-electron chi connectivity index (χ1n) is 10.5. The van der Waals surface area contributed by atoms with E-state index in [1.54, 1.807) is 24.3 Å². The van der Waals surface area contributed by atoms with Crippen LogP contribution >= 0.6 is 0 Å². The summed E-state index contributed by atoms with van der Waals surface area (Å²) in [5.41, 5.74) is 3.37. The largest absolute Gasteiger partial charge is 0.480 e. The van der Waals surface area contributed by atoms with Crippen molar-refractivity contribution in [2.24, 2.45) is 0 Å². The van der Waals surface area contributed by atoms with Crippen molar-refractivity contribution in [2.75, 3.05) is 13.2 Å². The summed E-state index contributed by atoms with van der Waals surface area (Å²) in [6, 6.07) is 9.05. The molecule has 2 amide bonds. The number of amides is 2. The maximum absolute atomic E-state index is 13.7. The van der Waals surface area contributed by atoms with E-state index in [9.17, 15) is 36.3 Å². The summed E-state index contributed by atoms with van der Waals surface area (Å²) in [5.74, 6) is -8.03. The Morgan fingerprint density at radius 3 is 2.11 bits per heavy atom. The Hall–Kier alpha value is -3.70. The number of benzene rings is 2. The van der Waals surface area contributed by atoms with E-state index in [4.69, 9.17) is 9.84 Å². The van der Waals surface area contributed by atoms with Gasteiger partial charge in [-0.05, 0) is 22.3 Å². The molecule has 12 heteroatoms. The predicted octanol–water partition coefficient (Wildman–Crippen LogP) is 3.78. The highest BCUT2D eigenvalue weighted by Gasteiger charge is 2.56. The molecule has 4 rings (SSSR count). The van der Waals surface area contributed by atoms with Gasteiger partial charge in [-0.1, -0.05) is 48.5 Å². The Bertz CT molecular complexity index is 1120. The molecule has 1 fully saturated rings. The van der Waals surface area contributed by atoms with Crippen molar-refractivity contribution in [3.05, 3.63) is 59.7 Å². The second kappa shape index (κ2) is 8.82. The van der Waals surface area contributed by atoms with Crippen molar-refractivity contribution in [1.82, 2.24) is 10.2 Å². The summed E-state index contributed by atoms with van der Waals surface area (Å²) in [6.45, 7) is -1.86. The van der Waals surface area contributed by atoms with E-state index in [0.29, 0.717) is 0 Å². The van der Waals surface area contributed by atoms with Gasteiger partial charge in [0.25, 0.3) is 11.8 Å². The third-order valence-corrected chi connectivity index (χ3v) is 6.02. The van der Waals surface area contributed by atoms with Crippen molar-refractivity contribution in [1.29, 1.82) is 0 Å². The number of fused-ring (bicyclic) bond motifs is 3. The molecule has 0 bridgehead atoms. The average molecular weight is 498 g/mol. The van der Waals surface area contributed by atoms with E-state index >= 15 is 0 Å². The van der Waals surface area contributed by atoms with Crippen molar-refractivity contribution in [3.8, 4) is 11.1 Å². The number of carbonyl (C=O) groups is 3. The van der Waals surface area contributed by atoms with E-state index in [-0.39, 0.29) is 11.5 Å². The fourth-order valence-electron chi connectivity index (χ4n) is 4.48. The van der Waals surface area contributed by atoms with Crippen LogP contribution in [-0.2, 0) is 14.3 Å². The van der Waals surface area contributed by atoms with Crippen molar-refractivity contribution >= 4 is 18.0 Å². The van der Waals surface area contributed by atoms with Crippen LogP contribution in [0.15, 0.2) is 48.5 Å². The molecule has 1 heterocycles. The molecular weight excluding hydrogens is 479 g/mol. The number of alkyl halides is 5. The van der Waals surface area contributed by atoms with Gasteiger partial charge in [0.1, 0.15) is 12.6 Å². The normalized spacial score (nSPS) is 19.6. The van der Waals surface area contributed by atoms with Gasteiger partial charge in [-0.2, -0.15) is 13.2 Å². The molecule has 2 aliphatic rings. The highest BCUT2D eigenvalue weighted by molar-refractivity contribution is 5.90. The fraction of sp³-hybridized carbons (Fsp3) is 0.348. The van der Waals surface area contributed by atoms with Crippen molar-refractivity contribution < 1.29 is 46.2 Å². The molecule has 1 saturated heterocycles. The quantitative estimate of drug-likeness (QED) is 0.612. The third kappa shape index (κ3) is 4.77. The van der Waals surface area contributed by atoms with Crippen molar-refractivity contribution in [3.63, 3.8) is 0 Å². The monoisotopic (exact) mass is 498 g/mol. The average Bonchev–Trinajstić information content (AvgIpc) is 3.29. The third-order valence-electron chi connectivity index (χ3n) is 6.02. The zero-order valence-electron chi connectivity index (χ0n) is 17.9. The van der Waals surface area contributed by atoms with E-state index in [2.05, 4.69) is 0 Å².